The van der Waals surface area contributed by atoms with Crippen LogP contribution in [0.5, 0.6) is 11.5 Å². The minimum absolute atomic E-state index is 0.000886. The lowest BCUT2D eigenvalue weighted by Crippen LogP contribution is -2.30. The van der Waals surface area contributed by atoms with Crippen molar-refractivity contribution >= 4 is 35.3 Å². The lowest BCUT2D eigenvalue weighted by atomic mass is 10.1. The molecule has 5 rings (SSSR count). The Balaban J connectivity index is 1.30. The van der Waals surface area contributed by atoms with E-state index in [1.165, 1.54) is 25.3 Å². The fourth-order valence-corrected chi connectivity index (χ4v) is 4.77. The molecule has 42 heavy (non-hydrogen) atoms. The molecule has 1 aromatic heterocycles. The third kappa shape index (κ3) is 7.01. The Morgan fingerprint density at radius 2 is 1.67 bits per heavy atom. The average molecular weight is 579 g/mol. The minimum Gasteiger partial charge on any atom is -0.508 e. The van der Waals surface area contributed by atoms with Crippen molar-refractivity contribution in [2.75, 3.05) is 12.4 Å². The number of rotatable bonds is 10. The fourth-order valence-electron chi connectivity index (χ4n) is 3.96. The van der Waals surface area contributed by atoms with Gasteiger partial charge >= 0.3 is 0 Å². The Bertz CT molecular complexity index is 1710. The molecule has 5 aromatic rings. The van der Waals surface area contributed by atoms with Gasteiger partial charge in [0.15, 0.2) is 5.82 Å². The SMILES string of the molecule is COc1cc(O)ccc1/C=C(\NC(=O)c1ccccc1)C(=O)Nc1ccc(SCc2nnnn2-c2ccccc2)cc1. The molecular formula is C31H26N6O4S. The van der Waals surface area contributed by atoms with Gasteiger partial charge in [0, 0.05) is 27.8 Å². The number of hydrogen-bond donors (Lipinski definition) is 3. The summed E-state index contributed by atoms with van der Waals surface area (Å²) >= 11 is 1.56. The van der Waals surface area contributed by atoms with Gasteiger partial charge in [0.1, 0.15) is 17.2 Å². The highest BCUT2D eigenvalue weighted by atomic mass is 32.2. The van der Waals surface area contributed by atoms with Crippen LogP contribution in [-0.4, -0.2) is 44.2 Å². The van der Waals surface area contributed by atoms with E-state index in [0.29, 0.717) is 34.1 Å². The summed E-state index contributed by atoms with van der Waals surface area (Å²) in [6.07, 6.45) is 1.50. The Kier molecular flexibility index (Phi) is 8.90. The Labute approximate surface area is 246 Å². The molecule has 1 heterocycles. The van der Waals surface area contributed by atoms with Gasteiger partial charge < -0.3 is 20.5 Å². The molecule has 10 nitrogen and oxygen atoms in total. The molecular weight excluding hydrogens is 552 g/mol. The number of phenols is 1. The number of carbonyl (C=O) groups is 2. The van der Waals surface area contributed by atoms with Gasteiger partial charge in [-0.2, -0.15) is 4.68 Å². The number of ether oxygens (including phenoxy) is 1. The van der Waals surface area contributed by atoms with E-state index in [1.807, 2.05) is 42.5 Å². The van der Waals surface area contributed by atoms with Gasteiger partial charge in [0.25, 0.3) is 11.8 Å². The number of anilines is 1. The zero-order chi connectivity index (χ0) is 29.3. The zero-order valence-corrected chi connectivity index (χ0v) is 23.3. The van der Waals surface area contributed by atoms with Crippen molar-refractivity contribution < 1.29 is 19.4 Å². The molecule has 0 fully saturated rings. The number of nitrogens with one attached hydrogen (secondary N) is 2. The molecule has 210 valence electrons. The van der Waals surface area contributed by atoms with E-state index in [0.717, 1.165) is 10.6 Å². The second-order valence-electron chi connectivity index (χ2n) is 8.91. The van der Waals surface area contributed by atoms with E-state index in [4.69, 9.17) is 4.74 Å². The average Bonchev–Trinajstić information content (AvgIpc) is 3.50. The highest BCUT2D eigenvalue weighted by Crippen LogP contribution is 2.27. The number of aromatic hydroxyl groups is 1. The lowest BCUT2D eigenvalue weighted by molar-refractivity contribution is -0.113. The van der Waals surface area contributed by atoms with Crippen molar-refractivity contribution in [1.29, 1.82) is 0 Å². The Morgan fingerprint density at radius 1 is 0.952 bits per heavy atom. The van der Waals surface area contributed by atoms with Crippen molar-refractivity contribution in [3.63, 3.8) is 0 Å². The Hall–Kier alpha value is -5.42. The fraction of sp³-hybridized carbons (Fsp3) is 0.0645. The number of nitrogens with zero attached hydrogens (tertiary/aromatic N) is 4. The second-order valence-corrected chi connectivity index (χ2v) is 9.96. The number of thioether (sulfide) groups is 1. The van der Waals surface area contributed by atoms with Crippen LogP contribution >= 0.6 is 11.8 Å². The van der Waals surface area contributed by atoms with E-state index in [9.17, 15) is 14.7 Å². The van der Waals surface area contributed by atoms with Gasteiger partial charge in [-0.1, -0.05) is 36.4 Å². The molecule has 0 aliphatic heterocycles. The number of tetrazole rings is 1. The summed E-state index contributed by atoms with van der Waals surface area (Å²) in [7, 11) is 1.45. The lowest BCUT2D eigenvalue weighted by Gasteiger charge is -2.13. The topological polar surface area (TPSA) is 131 Å². The summed E-state index contributed by atoms with van der Waals surface area (Å²) in [6, 6.07) is 30.0. The maximum absolute atomic E-state index is 13.4. The first-order chi connectivity index (χ1) is 20.5. The second kappa shape index (κ2) is 13.3. The first kappa shape index (κ1) is 28.1. The minimum atomic E-state index is -0.531. The van der Waals surface area contributed by atoms with Crippen molar-refractivity contribution in [1.82, 2.24) is 25.5 Å². The van der Waals surface area contributed by atoms with Gasteiger partial charge in [0.05, 0.1) is 18.6 Å². The van der Waals surface area contributed by atoms with Gasteiger partial charge in [-0.3, -0.25) is 9.59 Å². The first-order valence-corrected chi connectivity index (χ1v) is 13.8. The van der Waals surface area contributed by atoms with Crippen molar-refractivity contribution in [2.45, 2.75) is 10.6 Å². The van der Waals surface area contributed by atoms with Gasteiger partial charge in [0.2, 0.25) is 0 Å². The summed E-state index contributed by atoms with van der Waals surface area (Å²) in [5.41, 5.74) is 2.31. The Morgan fingerprint density at radius 3 is 2.38 bits per heavy atom. The number of para-hydroxylation sites is 1. The molecule has 0 radical (unpaired) electrons. The maximum Gasteiger partial charge on any atom is 0.272 e. The molecule has 0 bridgehead atoms. The standard InChI is InChI=1S/C31H26N6O4S/c1-41-28-19-25(38)15-12-22(28)18-27(33-30(39)21-8-4-2-5-9-21)31(40)32-23-13-16-26(17-14-23)42-20-29-34-35-36-37(29)24-10-6-3-7-11-24/h2-19,38H,20H2,1H3,(H,32,40)(H,33,39)/b27-18-. The number of methoxy groups -OCH3 is 1. The molecule has 4 aromatic carbocycles. The molecule has 0 saturated heterocycles. The molecule has 0 unspecified atom stereocenters. The van der Waals surface area contributed by atoms with E-state index < -0.39 is 11.8 Å². The summed E-state index contributed by atoms with van der Waals surface area (Å²) in [5.74, 6) is 0.626. The molecule has 0 aliphatic rings. The molecule has 0 saturated carbocycles. The molecule has 3 N–H and O–H groups in total. The predicted molar refractivity (Wildman–Crippen MR) is 160 cm³/mol. The van der Waals surface area contributed by atoms with Crippen molar-refractivity contribution in [3.05, 3.63) is 126 Å². The van der Waals surface area contributed by atoms with Gasteiger partial charge in [-0.05, 0) is 77.2 Å². The summed E-state index contributed by atoms with van der Waals surface area (Å²) in [6.45, 7) is 0. The van der Waals surface area contributed by atoms with E-state index in [1.54, 1.807) is 65.0 Å². The highest BCUT2D eigenvalue weighted by Gasteiger charge is 2.17. The molecule has 0 aliphatic carbocycles. The van der Waals surface area contributed by atoms with Crippen LogP contribution in [0.25, 0.3) is 11.8 Å². The largest absolute Gasteiger partial charge is 0.508 e. The van der Waals surface area contributed by atoms with Crippen LogP contribution in [0.2, 0.25) is 0 Å². The van der Waals surface area contributed by atoms with Crippen molar-refractivity contribution in [3.8, 4) is 17.2 Å². The number of aromatic nitrogens is 4. The summed E-state index contributed by atoms with van der Waals surface area (Å²) in [4.78, 5) is 27.2. The first-order valence-electron chi connectivity index (χ1n) is 12.8. The third-order valence-corrected chi connectivity index (χ3v) is 7.07. The zero-order valence-electron chi connectivity index (χ0n) is 22.5. The summed E-state index contributed by atoms with van der Waals surface area (Å²) in [5, 5.41) is 27.4. The third-order valence-electron chi connectivity index (χ3n) is 6.06. The number of carbonyl (C=O) groups excluding carboxylic acids is 2. The van der Waals surface area contributed by atoms with Crippen LogP contribution in [-0.2, 0) is 10.5 Å². The maximum atomic E-state index is 13.4. The van der Waals surface area contributed by atoms with Gasteiger partial charge in [-0.15, -0.1) is 16.9 Å². The quantitative estimate of drug-likeness (QED) is 0.155. The number of benzene rings is 4. The normalized spacial score (nSPS) is 11.1. The van der Waals surface area contributed by atoms with Crippen LogP contribution in [0.3, 0.4) is 0 Å². The number of amides is 2. The van der Waals surface area contributed by atoms with Gasteiger partial charge in [-0.25, -0.2) is 0 Å². The monoisotopic (exact) mass is 578 g/mol. The smallest absolute Gasteiger partial charge is 0.272 e. The summed E-state index contributed by atoms with van der Waals surface area (Å²) < 4.78 is 7.04. The van der Waals surface area contributed by atoms with Crippen LogP contribution < -0.4 is 15.4 Å². The highest BCUT2D eigenvalue weighted by molar-refractivity contribution is 7.98. The molecule has 0 atom stereocenters. The molecule has 11 heteroatoms. The number of hydrogen-bond acceptors (Lipinski definition) is 8. The van der Waals surface area contributed by atoms with E-state index >= 15 is 0 Å². The van der Waals surface area contributed by atoms with E-state index in [2.05, 4.69) is 26.2 Å². The van der Waals surface area contributed by atoms with Crippen molar-refractivity contribution in [2.24, 2.45) is 0 Å². The van der Waals surface area contributed by atoms with E-state index in [-0.39, 0.29) is 11.4 Å². The van der Waals surface area contributed by atoms with Crippen LogP contribution in [0, 0.1) is 0 Å². The molecule has 0 spiro atoms. The van der Waals surface area contributed by atoms with Crippen LogP contribution in [0.15, 0.2) is 114 Å². The van der Waals surface area contributed by atoms with Crippen LogP contribution in [0.4, 0.5) is 5.69 Å². The molecule has 2 amide bonds. The van der Waals surface area contributed by atoms with Crippen LogP contribution in [0.1, 0.15) is 21.7 Å². The number of phenolic OH excluding ortho intramolecular Hbond substituents is 1. The predicted octanol–water partition coefficient (Wildman–Crippen LogP) is 5.08.